The van der Waals surface area contributed by atoms with Crippen molar-refractivity contribution in [3.63, 3.8) is 0 Å². The molecule has 0 saturated heterocycles. The summed E-state index contributed by atoms with van der Waals surface area (Å²) in [6, 6.07) is 19.3. The molecule has 3 aromatic rings. The fraction of sp³-hybridized carbons (Fsp3) is 0.320. The summed E-state index contributed by atoms with van der Waals surface area (Å²) in [6.07, 6.45) is 6.16. The molecule has 14 nitrogen and oxygen atoms in total. The van der Waals surface area contributed by atoms with Crippen molar-refractivity contribution in [2.75, 3.05) is 57.5 Å². The van der Waals surface area contributed by atoms with E-state index in [4.69, 9.17) is 18.9 Å². The third-order valence-corrected chi connectivity index (χ3v) is 10.5. The largest absolute Gasteiger partial charge is 0.874 e. The number of nitrogens with zero attached hydrogens (tertiary/aromatic N) is 2. The highest BCUT2D eigenvalue weighted by Crippen LogP contribution is 2.41. The molecule has 14 heteroatoms. The van der Waals surface area contributed by atoms with Gasteiger partial charge in [0.1, 0.15) is 19.8 Å². The number of ether oxygens (including phenoxy) is 4. The highest BCUT2D eigenvalue weighted by molar-refractivity contribution is 6.29. The maximum absolute atomic E-state index is 13.7. The molecular weight excluding hydrogens is 817 g/mol. The number of carbonyl (C=O) groups excluding carboxylic acids is 5. The smallest absolute Gasteiger partial charge is 0.407 e. The van der Waals surface area contributed by atoms with E-state index >= 15 is 0 Å². The van der Waals surface area contributed by atoms with Crippen LogP contribution < -0.4 is 20.6 Å². The van der Waals surface area contributed by atoms with Crippen LogP contribution in [0.4, 0.5) is 26.7 Å². The third-order valence-electron chi connectivity index (χ3n) is 10.5. The van der Waals surface area contributed by atoms with E-state index < -0.39 is 36.0 Å². The van der Waals surface area contributed by atoms with Crippen LogP contribution in [0.3, 0.4) is 0 Å². The molecule has 336 valence electrons. The number of ketones is 1. The molecule has 1 unspecified atom stereocenters. The highest BCUT2D eigenvalue weighted by Gasteiger charge is 2.38. The lowest BCUT2D eigenvalue weighted by molar-refractivity contribution is -0.442. The Labute approximate surface area is 374 Å². The Morgan fingerprint density at radius 3 is 1.80 bits per heavy atom. The van der Waals surface area contributed by atoms with Crippen molar-refractivity contribution in [1.29, 1.82) is 0 Å². The van der Waals surface area contributed by atoms with Gasteiger partial charge in [-0.3, -0.25) is 4.79 Å². The maximum Gasteiger partial charge on any atom is 0.407 e. The summed E-state index contributed by atoms with van der Waals surface area (Å²) in [6.45, 7) is 19.0. The van der Waals surface area contributed by atoms with Gasteiger partial charge in [0.15, 0.2) is 18.9 Å². The van der Waals surface area contributed by atoms with Crippen LogP contribution in [0.25, 0.3) is 5.57 Å². The average Bonchev–Trinajstić information content (AvgIpc) is 3.25. The van der Waals surface area contributed by atoms with Gasteiger partial charge in [-0.1, -0.05) is 66.8 Å². The highest BCUT2D eigenvalue weighted by atomic mass is 16.6. The fourth-order valence-electron chi connectivity index (χ4n) is 7.25. The van der Waals surface area contributed by atoms with E-state index in [0.29, 0.717) is 18.7 Å². The van der Waals surface area contributed by atoms with Crippen molar-refractivity contribution in [1.82, 2.24) is 10.6 Å². The molecule has 1 atom stereocenters. The molecule has 3 aromatic carbocycles. The number of carbonyl (C=O) groups is 5. The molecule has 0 aliphatic heterocycles. The zero-order valence-electron chi connectivity index (χ0n) is 37.3. The number of alkyl carbamates (subject to hydrolysis) is 2. The number of nitrogens with one attached hydrogen (secondary N) is 2. The lowest BCUT2D eigenvalue weighted by Crippen LogP contribution is -2.41. The van der Waals surface area contributed by atoms with Gasteiger partial charge in [0, 0.05) is 63.7 Å². The number of hydrogen-bond donors (Lipinski definition) is 2. The number of anilines is 2. The molecule has 0 radical (unpaired) electrons. The lowest BCUT2D eigenvalue weighted by Gasteiger charge is -2.40. The van der Waals surface area contributed by atoms with Crippen molar-refractivity contribution in [2.24, 2.45) is 11.8 Å². The zero-order valence-corrected chi connectivity index (χ0v) is 37.3. The Balaban J connectivity index is 1.25. The summed E-state index contributed by atoms with van der Waals surface area (Å²) in [5.41, 5.74) is 8.78. The number of benzene rings is 3. The number of hydrogen-bond acceptors (Lipinski definition) is 11. The molecule has 2 aliphatic rings. The van der Waals surface area contributed by atoms with Gasteiger partial charge in [0.05, 0.1) is 19.6 Å². The van der Waals surface area contributed by atoms with Gasteiger partial charge in [-0.15, -0.1) is 5.76 Å². The topological polar surface area (TPSA) is 176 Å². The monoisotopic (exact) mass is 872 g/mol. The molecule has 0 saturated carbocycles. The van der Waals surface area contributed by atoms with Gasteiger partial charge in [0.25, 0.3) is 0 Å². The second-order valence-corrected chi connectivity index (χ2v) is 15.7. The SMILES string of the molecule is C=C(C)C(=O)OCCNC(=O)OCCN(c1ccc(C2=C([O-])C(C3C=CC(=[N+](CCOC(=O)NCCOC(=O)C(=C)C)c4ccc(C)cc4C)C=C3)C2=O)cc1)c1ccc(C)cc1C. The van der Waals surface area contributed by atoms with E-state index in [0.717, 1.165) is 45.0 Å². The minimum Gasteiger partial charge on any atom is -0.874 e. The van der Waals surface area contributed by atoms with Crippen LogP contribution in [0.1, 0.15) is 41.7 Å². The van der Waals surface area contributed by atoms with Crippen LogP contribution in [0, 0.1) is 39.5 Å². The first kappa shape index (κ1) is 47.8. The predicted octanol–water partition coefficient (Wildman–Crippen LogP) is 6.55. The summed E-state index contributed by atoms with van der Waals surface area (Å²) in [7, 11) is 0. The summed E-state index contributed by atoms with van der Waals surface area (Å²) in [5.74, 6) is -2.85. The van der Waals surface area contributed by atoms with Crippen LogP contribution in [0.15, 0.2) is 115 Å². The Morgan fingerprint density at radius 2 is 1.27 bits per heavy atom. The third kappa shape index (κ3) is 12.5. The summed E-state index contributed by atoms with van der Waals surface area (Å²) in [5, 5.41) is 18.8. The quantitative estimate of drug-likeness (QED) is 0.0440. The standard InChI is InChI=1S/C50H56N4O10/c1-31(2)47(57)61-25-21-51-49(59)63-27-23-53(41-19-9-33(5)29-35(41)7)39-15-11-37(12-16-39)43-45(55)44(46(43)56)38-13-17-40(18-14-38)54(42-20-10-34(6)30-36(42)8)24-28-64-50(60)52-22-26-62-48(58)32(3)4/h9-20,29-30,37,43H,1,3,21-28H2,2,4-8H3,(H2-,51,52,55,56,59,60). The Kier molecular flexibility index (Phi) is 16.6. The van der Waals surface area contributed by atoms with Crippen molar-refractivity contribution < 1.29 is 52.6 Å². The molecule has 64 heavy (non-hydrogen) atoms. The number of esters is 2. The van der Waals surface area contributed by atoms with Gasteiger partial charge in [-0.05, 0) is 76.9 Å². The van der Waals surface area contributed by atoms with E-state index in [1.54, 1.807) is 12.1 Å². The van der Waals surface area contributed by atoms with E-state index in [9.17, 15) is 29.1 Å². The molecule has 0 bridgehead atoms. The first-order valence-corrected chi connectivity index (χ1v) is 21.0. The van der Waals surface area contributed by atoms with Crippen molar-refractivity contribution in [3.8, 4) is 0 Å². The molecule has 0 spiro atoms. The predicted molar refractivity (Wildman–Crippen MR) is 243 cm³/mol. The first-order chi connectivity index (χ1) is 30.5. The summed E-state index contributed by atoms with van der Waals surface area (Å²) >= 11 is 0. The number of rotatable bonds is 19. The Morgan fingerprint density at radius 1 is 0.719 bits per heavy atom. The number of amides is 2. The van der Waals surface area contributed by atoms with Gasteiger partial charge in [-0.2, -0.15) is 4.58 Å². The normalized spacial score (nSPS) is 15.2. The Hall–Kier alpha value is -7.22. The molecule has 0 heterocycles. The summed E-state index contributed by atoms with van der Waals surface area (Å²) < 4.78 is 22.9. The van der Waals surface area contributed by atoms with Crippen LogP contribution in [-0.4, -0.2) is 92.8 Å². The van der Waals surface area contributed by atoms with Crippen LogP contribution in [0.2, 0.25) is 0 Å². The number of Topliss-reactive ketones (excluding diaryl/α,β-unsaturated/α-hetero) is 1. The first-order valence-electron chi connectivity index (χ1n) is 21.0. The molecule has 2 aliphatic carbocycles. The van der Waals surface area contributed by atoms with E-state index in [-0.39, 0.29) is 67.8 Å². The minimum atomic E-state index is -0.854. The van der Waals surface area contributed by atoms with E-state index in [1.807, 2.05) is 97.9 Å². The van der Waals surface area contributed by atoms with Crippen molar-refractivity contribution >= 4 is 58.3 Å². The molecule has 2 amide bonds. The number of aryl methyl sites for hydroxylation is 4. The van der Waals surface area contributed by atoms with Gasteiger partial charge >= 0.3 is 24.1 Å². The second kappa shape index (κ2) is 22.2. The van der Waals surface area contributed by atoms with Gasteiger partial charge < -0.3 is 39.6 Å². The number of allylic oxidation sites excluding steroid dienone is 6. The van der Waals surface area contributed by atoms with Crippen LogP contribution in [-0.2, 0) is 33.3 Å². The van der Waals surface area contributed by atoms with Crippen molar-refractivity contribution in [2.45, 2.75) is 41.5 Å². The summed E-state index contributed by atoms with van der Waals surface area (Å²) in [4.78, 5) is 63.6. The molecule has 2 N–H and O–H groups in total. The second-order valence-electron chi connectivity index (χ2n) is 15.7. The molecule has 0 aromatic heterocycles. The van der Waals surface area contributed by atoms with Crippen LogP contribution >= 0.6 is 0 Å². The van der Waals surface area contributed by atoms with Gasteiger partial charge in [0.2, 0.25) is 11.4 Å². The average molecular weight is 873 g/mol. The Bertz CT molecular complexity index is 2410. The van der Waals surface area contributed by atoms with E-state index in [2.05, 4.69) is 35.9 Å². The lowest BCUT2D eigenvalue weighted by atomic mass is 9.71. The fourth-order valence-corrected chi connectivity index (χ4v) is 7.25. The molecule has 0 fully saturated rings. The molecule has 5 rings (SSSR count). The zero-order chi connectivity index (χ0) is 46.5. The van der Waals surface area contributed by atoms with Crippen molar-refractivity contribution in [3.05, 3.63) is 143 Å². The van der Waals surface area contributed by atoms with Gasteiger partial charge in [-0.25, -0.2) is 19.2 Å². The van der Waals surface area contributed by atoms with E-state index in [1.165, 1.54) is 13.8 Å². The molecular formula is C50H56N4O10. The minimum absolute atomic E-state index is 0.0170. The van der Waals surface area contributed by atoms with Crippen LogP contribution in [0.5, 0.6) is 0 Å². The maximum atomic E-state index is 13.7.